The molecule has 0 spiro atoms. The number of hydrogen-bond donors (Lipinski definition) is 0. The topological polar surface area (TPSA) is 50.3 Å². The summed E-state index contributed by atoms with van der Waals surface area (Å²) in [5, 5.41) is 0. The van der Waals surface area contributed by atoms with Gasteiger partial charge in [-0.25, -0.2) is 8.42 Å². The first-order valence-corrected chi connectivity index (χ1v) is 8.02. The van der Waals surface area contributed by atoms with Crippen LogP contribution in [0.2, 0.25) is 0 Å². The fraction of sp³-hybridized carbons (Fsp3) is 0.214. The minimum Gasteiger partial charge on any atom is -0.265 e. The van der Waals surface area contributed by atoms with Crippen LogP contribution in [0.15, 0.2) is 53.7 Å². The van der Waals surface area contributed by atoms with E-state index in [-0.39, 0.29) is 9.99 Å². The monoisotopic (exact) mass is 384 g/mol. The number of rotatable bonds is 4. The zero-order chi connectivity index (χ0) is 18.9. The van der Waals surface area contributed by atoms with Crippen molar-refractivity contribution < 1.29 is 34.8 Å². The first-order chi connectivity index (χ1) is 11.4. The smallest absolute Gasteiger partial charge is 0.265 e. The van der Waals surface area contributed by atoms with E-state index in [1.807, 2.05) is 0 Å². The molecule has 0 unspecified atom stereocenters. The molecular formula is C14H10F6N2O2S. The molecule has 2 rings (SSSR count). The maximum absolute atomic E-state index is 12.8. The summed E-state index contributed by atoms with van der Waals surface area (Å²) in [7, 11) is -4.88. The average Bonchev–Trinajstić information content (AvgIpc) is 2.52. The minimum atomic E-state index is -4.90. The van der Waals surface area contributed by atoms with Gasteiger partial charge in [0.1, 0.15) is 6.54 Å². The van der Waals surface area contributed by atoms with Crippen LogP contribution < -0.4 is 4.31 Å². The highest BCUT2D eigenvalue weighted by Crippen LogP contribution is 2.33. The number of alkyl halides is 6. The fourth-order valence-electron chi connectivity index (χ4n) is 1.95. The quantitative estimate of drug-likeness (QED) is 0.753. The number of halogens is 6. The van der Waals surface area contributed by atoms with Crippen LogP contribution in [0, 0.1) is 0 Å². The first-order valence-electron chi connectivity index (χ1n) is 6.58. The van der Waals surface area contributed by atoms with E-state index >= 15 is 0 Å². The molecule has 2 aromatic rings. The van der Waals surface area contributed by atoms with Gasteiger partial charge < -0.3 is 0 Å². The molecule has 0 fully saturated rings. The summed E-state index contributed by atoms with van der Waals surface area (Å²) in [6.45, 7) is -1.89. The molecule has 0 amide bonds. The molecule has 1 aromatic heterocycles. The van der Waals surface area contributed by atoms with Gasteiger partial charge in [-0.1, -0.05) is 6.07 Å². The van der Waals surface area contributed by atoms with E-state index in [4.69, 9.17) is 0 Å². The number of sulfonamides is 1. The van der Waals surface area contributed by atoms with E-state index < -0.39 is 39.4 Å². The van der Waals surface area contributed by atoms with Gasteiger partial charge in [0.05, 0.1) is 16.1 Å². The van der Waals surface area contributed by atoms with Crippen molar-refractivity contribution >= 4 is 15.7 Å². The summed E-state index contributed by atoms with van der Waals surface area (Å²) >= 11 is 0. The van der Waals surface area contributed by atoms with Crippen LogP contribution in [0.4, 0.5) is 32.0 Å². The van der Waals surface area contributed by atoms with Gasteiger partial charge in [-0.2, -0.15) is 26.3 Å². The molecule has 0 aliphatic rings. The Labute approximate surface area is 138 Å². The molecule has 0 saturated carbocycles. The van der Waals surface area contributed by atoms with E-state index in [0.717, 1.165) is 36.7 Å². The summed E-state index contributed by atoms with van der Waals surface area (Å²) in [6.07, 6.45) is -7.60. The predicted octanol–water partition coefficient (Wildman–Crippen LogP) is 3.86. The number of anilines is 1. The Kier molecular flexibility index (Phi) is 4.98. The highest BCUT2D eigenvalue weighted by atomic mass is 32.2. The molecule has 0 aliphatic carbocycles. The molecule has 25 heavy (non-hydrogen) atoms. The van der Waals surface area contributed by atoms with Gasteiger partial charge in [0.15, 0.2) is 0 Å². The standard InChI is InChI=1S/C14H10F6N2O2S/c15-13(16,17)9-22(11-4-6-21-7-5-11)25(23,24)12-3-1-2-10(8-12)14(18,19)20/h1-8H,9H2. The van der Waals surface area contributed by atoms with Crippen molar-refractivity contribution in [1.82, 2.24) is 4.98 Å². The van der Waals surface area contributed by atoms with Gasteiger partial charge >= 0.3 is 12.4 Å². The number of nitrogens with zero attached hydrogens (tertiary/aromatic N) is 2. The maximum atomic E-state index is 12.8. The molecule has 0 radical (unpaired) electrons. The van der Waals surface area contributed by atoms with Gasteiger partial charge in [0, 0.05) is 12.4 Å². The van der Waals surface area contributed by atoms with Gasteiger partial charge in [-0.15, -0.1) is 0 Å². The van der Waals surface area contributed by atoms with Crippen molar-refractivity contribution in [3.63, 3.8) is 0 Å². The van der Waals surface area contributed by atoms with Crippen molar-refractivity contribution in [3.8, 4) is 0 Å². The second-order valence-electron chi connectivity index (χ2n) is 4.86. The molecule has 4 nitrogen and oxygen atoms in total. The molecule has 0 atom stereocenters. The van der Waals surface area contributed by atoms with E-state index in [1.54, 1.807) is 0 Å². The Balaban J connectivity index is 2.56. The third kappa shape index (κ3) is 4.62. The molecule has 11 heteroatoms. The van der Waals surface area contributed by atoms with E-state index in [0.29, 0.717) is 12.1 Å². The van der Waals surface area contributed by atoms with Crippen molar-refractivity contribution in [1.29, 1.82) is 0 Å². The van der Waals surface area contributed by atoms with Crippen LogP contribution in [0.25, 0.3) is 0 Å². The Morgan fingerprint density at radius 2 is 1.56 bits per heavy atom. The number of benzene rings is 1. The van der Waals surface area contributed by atoms with Gasteiger partial charge in [-0.05, 0) is 30.3 Å². The van der Waals surface area contributed by atoms with Crippen LogP contribution >= 0.6 is 0 Å². The molecule has 0 saturated heterocycles. The van der Waals surface area contributed by atoms with Crippen LogP contribution in [0.1, 0.15) is 5.56 Å². The Morgan fingerprint density at radius 1 is 0.960 bits per heavy atom. The number of aromatic nitrogens is 1. The molecular weight excluding hydrogens is 374 g/mol. The molecule has 1 heterocycles. The SMILES string of the molecule is O=S(=O)(c1cccc(C(F)(F)F)c1)N(CC(F)(F)F)c1ccncc1. The minimum absolute atomic E-state index is 0.00975. The lowest BCUT2D eigenvalue weighted by Crippen LogP contribution is -2.39. The molecule has 0 bridgehead atoms. The van der Waals surface area contributed by atoms with Gasteiger partial charge in [0.2, 0.25) is 0 Å². The lowest BCUT2D eigenvalue weighted by molar-refractivity contribution is -0.137. The maximum Gasteiger partial charge on any atom is 0.416 e. The van der Waals surface area contributed by atoms with E-state index in [1.165, 1.54) is 0 Å². The Hall–Kier alpha value is -2.30. The van der Waals surface area contributed by atoms with Crippen LogP contribution in [0.3, 0.4) is 0 Å². The number of hydrogen-bond acceptors (Lipinski definition) is 3. The summed E-state index contributed by atoms with van der Waals surface area (Å²) in [5.74, 6) is 0. The van der Waals surface area contributed by atoms with Crippen molar-refractivity contribution in [2.24, 2.45) is 0 Å². The highest BCUT2D eigenvalue weighted by molar-refractivity contribution is 7.92. The fourth-order valence-corrected chi connectivity index (χ4v) is 3.44. The highest BCUT2D eigenvalue weighted by Gasteiger charge is 2.38. The summed E-state index contributed by atoms with van der Waals surface area (Å²) in [4.78, 5) is 2.67. The van der Waals surface area contributed by atoms with Crippen molar-refractivity contribution in [3.05, 3.63) is 54.4 Å². The lowest BCUT2D eigenvalue weighted by atomic mass is 10.2. The zero-order valence-electron chi connectivity index (χ0n) is 12.2. The molecule has 0 aliphatic heterocycles. The van der Waals surface area contributed by atoms with Crippen LogP contribution in [-0.4, -0.2) is 26.1 Å². The number of pyridine rings is 1. The summed E-state index contributed by atoms with van der Waals surface area (Å²) in [6, 6.07) is 4.55. The molecule has 136 valence electrons. The lowest BCUT2D eigenvalue weighted by Gasteiger charge is -2.25. The first kappa shape index (κ1) is 19.0. The van der Waals surface area contributed by atoms with Crippen LogP contribution in [0.5, 0.6) is 0 Å². The predicted molar refractivity (Wildman–Crippen MR) is 76.3 cm³/mol. The largest absolute Gasteiger partial charge is 0.416 e. The van der Waals surface area contributed by atoms with Gasteiger partial charge in [-0.3, -0.25) is 9.29 Å². The Bertz CT molecular complexity index is 834. The Morgan fingerprint density at radius 3 is 2.08 bits per heavy atom. The van der Waals surface area contributed by atoms with Gasteiger partial charge in [0.25, 0.3) is 10.0 Å². The van der Waals surface area contributed by atoms with Crippen LogP contribution in [-0.2, 0) is 16.2 Å². The average molecular weight is 384 g/mol. The second kappa shape index (κ2) is 6.54. The summed E-state index contributed by atoms with van der Waals surface area (Å²) in [5.41, 5.74) is -1.65. The zero-order valence-corrected chi connectivity index (χ0v) is 13.0. The van der Waals surface area contributed by atoms with Crippen molar-refractivity contribution in [2.45, 2.75) is 17.2 Å². The third-order valence-electron chi connectivity index (χ3n) is 3.02. The normalized spacial score (nSPS) is 12.9. The summed E-state index contributed by atoms with van der Waals surface area (Å²) < 4.78 is 102. The van der Waals surface area contributed by atoms with Crippen molar-refractivity contribution in [2.75, 3.05) is 10.8 Å². The second-order valence-corrected chi connectivity index (χ2v) is 6.72. The molecule has 1 aromatic carbocycles. The van der Waals surface area contributed by atoms with E-state index in [2.05, 4.69) is 4.98 Å². The van der Waals surface area contributed by atoms with E-state index in [9.17, 15) is 34.8 Å². The molecule has 0 N–H and O–H groups in total. The third-order valence-corrected chi connectivity index (χ3v) is 4.79.